The molecule has 8 heteroatoms. The topological polar surface area (TPSA) is 66.9 Å². The maximum atomic E-state index is 12.9. The van der Waals surface area contributed by atoms with Crippen LogP contribution < -0.4 is 9.04 Å². The van der Waals surface area contributed by atoms with Gasteiger partial charge in [-0.25, -0.2) is 8.42 Å². The highest BCUT2D eigenvalue weighted by Gasteiger charge is 2.35. The molecule has 0 N–H and O–H groups in total. The van der Waals surface area contributed by atoms with Crippen LogP contribution in [-0.2, 0) is 14.8 Å². The summed E-state index contributed by atoms with van der Waals surface area (Å²) >= 11 is 6.05. The first-order chi connectivity index (χ1) is 11.6. The molecule has 0 aliphatic carbocycles. The van der Waals surface area contributed by atoms with E-state index in [2.05, 4.69) is 6.92 Å². The standard InChI is InChI=1S/C17H25ClN2O4S/c1-12-6-5-9-19(11-12)17(21)13(2)20(25(4,22)23)15-10-14(18)7-8-16(15)24-3/h7-8,10,12-13H,5-6,9,11H2,1-4H3. The van der Waals surface area contributed by atoms with Crippen molar-refractivity contribution in [3.8, 4) is 5.75 Å². The molecule has 2 rings (SSSR count). The molecule has 0 saturated carbocycles. The van der Waals surface area contributed by atoms with Gasteiger partial charge in [-0.1, -0.05) is 18.5 Å². The molecule has 1 saturated heterocycles. The number of hydrogen-bond acceptors (Lipinski definition) is 4. The highest BCUT2D eigenvalue weighted by Crippen LogP contribution is 2.34. The van der Waals surface area contributed by atoms with Crippen LogP contribution in [0.1, 0.15) is 26.7 Å². The number of likely N-dealkylation sites (tertiary alicyclic amines) is 1. The van der Waals surface area contributed by atoms with E-state index in [1.165, 1.54) is 13.2 Å². The van der Waals surface area contributed by atoms with Crippen LogP contribution in [0.2, 0.25) is 5.02 Å². The van der Waals surface area contributed by atoms with Crippen LogP contribution in [-0.4, -0.2) is 51.7 Å². The second-order valence-electron chi connectivity index (χ2n) is 6.58. The van der Waals surface area contributed by atoms with Gasteiger partial charge in [-0.2, -0.15) is 0 Å². The summed E-state index contributed by atoms with van der Waals surface area (Å²) in [6, 6.07) is 3.83. The van der Waals surface area contributed by atoms with Crippen LogP contribution in [0.5, 0.6) is 5.75 Å². The lowest BCUT2D eigenvalue weighted by Crippen LogP contribution is -2.51. The lowest BCUT2D eigenvalue weighted by atomic mass is 10.00. The number of ether oxygens (including phenoxy) is 1. The first kappa shape index (κ1) is 19.8. The highest BCUT2D eigenvalue weighted by molar-refractivity contribution is 7.92. The Balaban J connectivity index is 2.41. The Morgan fingerprint density at radius 2 is 2.12 bits per heavy atom. The van der Waals surface area contributed by atoms with E-state index in [1.54, 1.807) is 24.0 Å². The first-order valence-corrected chi connectivity index (χ1v) is 10.5. The van der Waals surface area contributed by atoms with Crippen molar-refractivity contribution in [2.45, 2.75) is 32.7 Å². The number of halogens is 1. The summed E-state index contributed by atoms with van der Waals surface area (Å²) < 4.78 is 31.3. The lowest BCUT2D eigenvalue weighted by molar-refractivity contribution is -0.133. The number of carbonyl (C=O) groups excluding carboxylic acids is 1. The number of sulfonamides is 1. The van der Waals surface area contributed by atoms with E-state index in [4.69, 9.17) is 16.3 Å². The molecule has 0 radical (unpaired) electrons. The van der Waals surface area contributed by atoms with Crippen molar-refractivity contribution < 1.29 is 17.9 Å². The molecule has 1 heterocycles. The molecule has 1 amide bonds. The van der Waals surface area contributed by atoms with E-state index in [1.807, 2.05) is 0 Å². The van der Waals surface area contributed by atoms with Crippen LogP contribution >= 0.6 is 11.6 Å². The Bertz CT molecular complexity index is 738. The fraction of sp³-hybridized carbons (Fsp3) is 0.588. The van der Waals surface area contributed by atoms with Crippen molar-refractivity contribution in [2.75, 3.05) is 30.8 Å². The smallest absolute Gasteiger partial charge is 0.246 e. The molecular formula is C17H25ClN2O4S. The molecule has 25 heavy (non-hydrogen) atoms. The lowest BCUT2D eigenvalue weighted by Gasteiger charge is -2.36. The molecule has 6 nitrogen and oxygen atoms in total. The first-order valence-electron chi connectivity index (χ1n) is 8.27. The number of rotatable bonds is 5. The van der Waals surface area contributed by atoms with Gasteiger partial charge in [0.1, 0.15) is 11.8 Å². The highest BCUT2D eigenvalue weighted by atomic mass is 35.5. The number of piperidine rings is 1. The third kappa shape index (κ3) is 4.58. The molecule has 1 aromatic rings. The predicted octanol–water partition coefficient (Wildman–Crippen LogP) is 2.76. The SMILES string of the molecule is COc1ccc(Cl)cc1N(C(C)C(=O)N1CCCC(C)C1)S(C)(=O)=O. The van der Waals surface area contributed by atoms with Crippen LogP contribution in [0.15, 0.2) is 18.2 Å². The zero-order valence-electron chi connectivity index (χ0n) is 15.0. The van der Waals surface area contributed by atoms with Gasteiger partial charge in [-0.05, 0) is 43.9 Å². The summed E-state index contributed by atoms with van der Waals surface area (Å²) in [5.41, 5.74) is 0.267. The number of benzene rings is 1. The Morgan fingerprint density at radius 1 is 1.44 bits per heavy atom. The largest absolute Gasteiger partial charge is 0.495 e. The maximum Gasteiger partial charge on any atom is 0.246 e. The molecule has 140 valence electrons. The predicted molar refractivity (Wildman–Crippen MR) is 99.8 cm³/mol. The zero-order chi connectivity index (χ0) is 18.8. The van der Waals surface area contributed by atoms with Gasteiger partial charge < -0.3 is 9.64 Å². The van der Waals surface area contributed by atoms with Gasteiger partial charge in [0.2, 0.25) is 15.9 Å². The van der Waals surface area contributed by atoms with Crippen molar-refractivity contribution in [1.82, 2.24) is 4.90 Å². The molecule has 1 aromatic carbocycles. The quantitative estimate of drug-likeness (QED) is 0.777. The van der Waals surface area contributed by atoms with Gasteiger partial charge >= 0.3 is 0 Å². The monoisotopic (exact) mass is 388 g/mol. The van der Waals surface area contributed by atoms with Gasteiger partial charge in [0, 0.05) is 18.1 Å². The van der Waals surface area contributed by atoms with E-state index < -0.39 is 16.1 Å². The molecule has 2 atom stereocenters. The third-order valence-electron chi connectivity index (χ3n) is 4.41. The molecule has 0 aromatic heterocycles. The number of carbonyl (C=O) groups is 1. The molecule has 1 fully saturated rings. The maximum absolute atomic E-state index is 12.9. The van der Waals surface area contributed by atoms with Crippen molar-refractivity contribution in [3.63, 3.8) is 0 Å². The van der Waals surface area contributed by atoms with Crippen molar-refractivity contribution in [2.24, 2.45) is 5.92 Å². The summed E-state index contributed by atoms with van der Waals surface area (Å²) in [6.07, 6.45) is 3.09. The normalized spacial score (nSPS) is 19.4. The van der Waals surface area contributed by atoms with Gasteiger partial charge in [0.15, 0.2) is 0 Å². The number of hydrogen-bond donors (Lipinski definition) is 0. The second-order valence-corrected chi connectivity index (χ2v) is 8.88. The Labute approximate surface area is 154 Å². The number of amides is 1. The average Bonchev–Trinajstić information content (AvgIpc) is 2.53. The summed E-state index contributed by atoms with van der Waals surface area (Å²) in [4.78, 5) is 14.7. The van der Waals surface area contributed by atoms with E-state index in [0.29, 0.717) is 29.8 Å². The van der Waals surface area contributed by atoms with Gasteiger partial charge in [-0.3, -0.25) is 9.10 Å². The third-order valence-corrected chi connectivity index (χ3v) is 5.88. The van der Waals surface area contributed by atoms with Crippen LogP contribution in [0.3, 0.4) is 0 Å². The average molecular weight is 389 g/mol. The van der Waals surface area contributed by atoms with Gasteiger partial charge in [-0.15, -0.1) is 0 Å². The fourth-order valence-corrected chi connectivity index (χ4v) is 4.59. The van der Waals surface area contributed by atoms with Crippen LogP contribution in [0.25, 0.3) is 0 Å². The summed E-state index contributed by atoms with van der Waals surface area (Å²) in [5, 5.41) is 0.371. The minimum Gasteiger partial charge on any atom is -0.495 e. The molecule has 1 aliphatic heterocycles. The Hall–Kier alpha value is -1.47. The number of anilines is 1. The van der Waals surface area contributed by atoms with Crippen molar-refractivity contribution in [1.29, 1.82) is 0 Å². The van der Waals surface area contributed by atoms with E-state index in [9.17, 15) is 13.2 Å². The van der Waals surface area contributed by atoms with Gasteiger partial charge in [0.25, 0.3) is 0 Å². The van der Waals surface area contributed by atoms with E-state index in [-0.39, 0.29) is 11.6 Å². The van der Waals surface area contributed by atoms with Crippen LogP contribution in [0.4, 0.5) is 5.69 Å². The van der Waals surface area contributed by atoms with Crippen molar-refractivity contribution in [3.05, 3.63) is 23.2 Å². The van der Waals surface area contributed by atoms with E-state index >= 15 is 0 Å². The minimum absolute atomic E-state index is 0.209. The Morgan fingerprint density at radius 3 is 2.68 bits per heavy atom. The zero-order valence-corrected chi connectivity index (χ0v) is 16.6. The summed E-state index contributed by atoms with van der Waals surface area (Å²) in [5.74, 6) is 0.554. The molecule has 2 unspecified atom stereocenters. The molecule has 0 bridgehead atoms. The number of nitrogens with zero attached hydrogens (tertiary/aromatic N) is 2. The summed E-state index contributed by atoms with van der Waals surface area (Å²) in [6.45, 7) is 4.99. The fourth-order valence-electron chi connectivity index (χ4n) is 3.26. The van der Waals surface area contributed by atoms with Crippen LogP contribution in [0, 0.1) is 5.92 Å². The van der Waals surface area contributed by atoms with Crippen molar-refractivity contribution >= 4 is 33.2 Å². The second kappa shape index (κ2) is 7.83. The molecular weight excluding hydrogens is 364 g/mol. The molecule has 1 aliphatic rings. The van der Waals surface area contributed by atoms with Gasteiger partial charge in [0.05, 0.1) is 19.1 Å². The molecule has 0 spiro atoms. The minimum atomic E-state index is -3.72. The van der Waals surface area contributed by atoms with E-state index in [0.717, 1.165) is 23.4 Å². The summed E-state index contributed by atoms with van der Waals surface area (Å²) in [7, 11) is -2.27. The Kier molecular flexibility index (Phi) is 6.21. The number of methoxy groups -OCH3 is 1.